The number of hydrogen-bond donors (Lipinski definition) is 1. The molecule has 1 aliphatic heterocycles. The summed E-state index contributed by atoms with van der Waals surface area (Å²) in [5.74, 6) is 1.23. The maximum Gasteiger partial charge on any atom is 0.135 e. The molecule has 4 heteroatoms. The van der Waals surface area contributed by atoms with Crippen LogP contribution in [0.1, 0.15) is 11.5 Å². The van der Waals surface area contributed by atoms with E-state index in [9.17, 15) is 0 Å². The van der Waals surface area contributed by atoms with Crippen LogP contribution >= 0.6 is 0 Å². The van der Waals surface area contributed by atoms with Crippen LogP contribution in [0, 0.1) is 0 Å². The number of nitrogens with zero attached hydrogens (tertiary/aromatic N) is 1. The van der Waals surface area contributed by atoms with Crippen molar-refractivity contribution >= 4 is 50.4 Å². The van der Waals surface area contributed by atoms with E-state index in [4.69, 9.17) is 9.15 Å². The zero-order chi connectivity index (χ0) is 38.4. The first kappa shape index (κ1) is 33.8. The fourth-order valence-corrected chi connectivity index (χ4v) is 8.49. The number of hydrogen-bond acceptors (Lipinski definition) is 4. The zero-order valence-electron chi connectivity index (χ0n) is 31.6. The highest BCUT2D eigenvalue weighted by Gasteiger charge is 2.32. The molecule has 2 heterocycles. The van der Waals surface area contributed by atoms with Gasteiger partial charge in [0.1, 0.15) is 23.0 Å². The third-order valence-corrected chi connectivity index (χ3v) is 11.4. The maximum absolute atomic E-state index is 6.23. The summed E-state index contributed by atoms with van der Waals surface area (Å²) in [6, 6.07) is 66.7. The molecule has 9 aromatic rings. The summed E-state index contributed by atoms with van der Waals surface area (Å²) in [7, 11) is 0. The second kappa shape index (κ2) is 14.2. The molecular formula is C54H38N2O2. The average molecular weight is 747 g/mol. The summed E-state index contributed by atoms with van der Waals surface area (Å²) >= 11 is 0. The maximum atomic E-state index is 6.23. The van der Waals surface area contributed by atoms with Gasteiger partial charge < -0.3 is 19.4 Å². The topological polar surface area (TPSA) is 37.6 Å². The number of ether oxygens (including phenoxy) is 1. The van der Waals surface area contributed by atoms with Gasteiger partial charge in [0.25, 0.3) is 0 Å². The summed E-state index contributed by atoms with van der Waals surface area (Å²) in [5.41, 5.74) is 15.3. The minimum absolute atomic E-state index is 0.0752. The molecule has 8 aromatic carbocycles. The van der Waals surface area contributed by atoms with Crippen molar-refractivity contribution in [3.05, 3.63) is 218 Å². The molecule has 2 atom stereocenters. The molecule has 0 radical (unpaired) electrons. The first-order chi connectivity index (χ1) is 28.7. The molecule has 2 unspecified atom stereocenters. The highest BCUT2D eigenvalue weighted by atomic mass is 16.5. The van der Waals surface area contributed by atoms with E-state index < -0.39 is 0 Å². The van der Waals surface area contributed by atoms with Gasteiger partial charge >= 0.3 is 0 Å². The van der Waals surface area contributed by atoms with E-state index >= 15 is 0 Å². The van der Waals surface area contributed by atoms with Crippen LogP contribution in [0.15, 0.2) is 217 Å². The Morgan fingerprint density at radius 2 is 1.05 bits per heavy atom. The zero-order valence-corrected chi connectivity index (χ0v) is 31.6. The van der Waals surface area contributed by atoms with Gasteiger partial charge in [-0.15, -0.1) is 0 Å². The second-order valence-corrected chi connectivity index (χ2v) is 15.0. The Labute approximate surface area is 337 Å². The summed E-state index contributed by atoms with van der Waals surface area (Å²) in [5, 5.41) is 5.94. The number of furan rings is 1. The van der Waals surface area contributed by atoms with Crippen LogP contribution in [0.4, 0.5) is 28.4 Å². The van der Waals surface area contributed by atoms with E-state index in [-0.39, 0.29) is 12.0 Å². The van der Waals surface area contributed by atoms with Crippen LogP contribution in [0.25, 0.3) is 55.3 Å². The van der Waals surface area contributed by atoms with Crippen LogP contribution in [-0.2, 0) is 0 Å². The summed E-state index contributed by atoms with van der Waals surface area (Å²) in [6.07, 6.45) is 8.65. The third-order valence-electron chi connectivity index (χ3n) is 11.4. The minimum atomic E-state index is 0.0752. The van der Waals surface area contributed by atoms with Gasteiger partial charge in [0.05, 0.1) is 0 Å². The Kier molecular flexibility index (Phi) is 8.25. The summed E-state index contributed by atoms with van der Waals surface area (Å²) in [4.78, 5) is 2.32. The predicted octanol–water partition coefficient (Wildman–Crippen LogP) is 14.8. The van der Waals surface area contributed by atoms with E-state index in [0.717, 1.165) is 72.8 Å². The van der Waals surface area contributed by atoms with Gasteiger partial charge in [-0.05, 0) is 119 Å². The number of fused-ring (bicyclic) bond motifs is 6. The molecule has 11 rings (SSSR count). The highest BCUT2D eigenvalue weighted by Crippen LogP contribution is 2.44. The Bertz CT molecular complexity index is 3000. The SMILES string of the molecule is C1=CC2Oc3ccc(-c4ccc(N(c5ccc(Nc6ccccc6-c6ccccc6)cc5)c5ccc(-c6ccc7oc8ccccc8c7c6)cc5)cc4)cc3C2C=C1. The van der Waals surface area contributed by atoms with Crippen molar-refractivity contribution in [3.63, 3.8) is 0 Å². The van der Waals surface area contributed by atoms with E-state index in [2.05, 4.69) is 210 Å². The van der Waals surface area contributed by atoms with Gasteiger partial charge in [0, 0.05) is 56.3 Å². The van der Waals surface area contributed by atoms with Gasteiger partial charge in [0.2, 0.25) is 0 Å². The number of allylic oxidation sites excluding steroid dienone is 2. The molecular weight excluding hydrogens is 709 g/mol. The molecule has 0 bridgehead atoms. The summed E-state index contributed by atoms with van der Waals surface area (Å²) < 4.78 is 12.3. The molecule has 1 aromatic heterocycles. The van der Waals surface area contributed by atoms with E-state index in [1.807, 2.05) is 12.1 Å². The molecule has 2 aliphatic rings. The molecule has 0 amide bonds. The normalized spacial score (nSPS) is 15.2. The number of nitrogens with one attached hydrogen (secondary N) is 1. The van der Waals surface area contributed by atoms with Crippen molar-refractivity contribution in [3.8, 4) is 39.1 Å². The second-order valence-electron chi connectivity index (χ2n) is 15.0. The van der Waals surface area contributed by atoms with Crippen LogP contribution < -0.4 is 15.0 Å². The van der Waals surface area contributed by atoms with E-state index in [1.54, 1.807) is 0 Å². The van der Waals surface area contributed by atoms with Crippen molar-refractivity contribution in [2.45, 2.75) is 12.0 Å². The minimum Gasteiger partial charge on any atom is -0.485 e. The first-order valence-corrected chi connectivity index (χ1v) is 19.8. The Balaban J connectivity index is 0.932. The van der Waals surface area contributed by atoms with Crippen LogP contribution in [0.2, 0.25) is 0 Å². The van der Waals surface area contributed by atoms with Gasteiger partial charge in [-0.3, -0.25) is 0 Å². The van der Waals surface area contributed by atoms with E-state index in [1.165, 1.54) is 22.3 Å². The van der Waals surface area contributed by atoms with Crippen molar-refractivity contribution in [2.75, 3.05) is 10.2 Å². The van der Waals surface area contributed by atoms with Crippen molar-refractivity contribution in [1.82, 2.24) is 0 Å². The monoisotopic (exact) mass is 746 g/mol. The Morgan fingerprint density at radius 3 is 1.83 bits per heavy atom. The van der Waals surface area contributed by atoms with Crippen LogP contribution in [-0.4, -0.2) is 6.10 Å². The number of anilines is 5. The molecule has 0 saturated carbocycles. The number of para-hydroxylation sites is 2. The third kappa shape index (κ3) is 6.12. The molecule has 1 N–H and O–H groups in total. The highest BCUT2D eigenvalue weighted by molar-refractivity contribution is 6.06. The molecule has 0 saturated heterocycles. The molecule has 0 spiro atoms. The predicted molar refractivity (Wildman–Crippen MR) is 240 cm³/mol. The number of benzene rings is 8. The van der Waals surface area contributed by atoms with Gasteiger partial charge in [-0.25, -0.2) is 0 Å². The largest absolute Gasteiger partial charge is 0.485 e. The smallest absolute Gasteiger partial charge is 0.135 e. The first-order valence-electron chi connectivity index (χ1n) is 19.8. The lowest BCUT2D eigenvalue weighted by atomic mass is 9.90. The summed E-state index contributed by atoms with van der Waals surface area (Å²) in [6.45, 7) is 0. The quantitative estimate of drug-likeness (QED) is 0.168. The van der Waals surface area contributed by atoms with Gasteiger partial charge in [-0.1, -0.05) is 121 Å². The lowest BCUT2D eigenvalue weighted by Crippen LogP contribution is -2.15. The lowest BCUT2D eigenvalue weighted by Gasteiger charge is -2.26. The fourth-order valence-electron chi connectivity index (χ4n) is 8.49. The van der Waals surface area contributed by atoms with Crippen molar-refractivity contribution in [1.29, 1.82) is 0 Å². The standard InChI is InChI=1S/C54H38N2O2/c1-2-10-38(11-3-1)45-12-4-7-15-50(45)55-41-24-30-44(31-25-41)56(42-26-18-36(19-27-42)39-22-32-53-48(34-39)46-13-5-8-16-51(46)57-53)43-28-20-37(21-29-43)40-23-33-54-49(35-40)47-14-6-9-17-52(47)58-54/h1-35,46,51,55H. The average Bonchev–Trinajstić information content (AvgIpc) is 3.86. The Hall–Kier alpha value is -7.56. The molecule has 4 nitrogen and oxygen atoms in total. The molecule has 1 aliphatic carbocycles. The van der Waals surface area contributed by atoms with E-state index in [0.29, 0.717) is 0 Å². The molecule has 58 heavy (non-hydrogen) atoms. The molecule has 0 fully saturated rings. The van der Waals surface area contributed by atoms with Crippen molar-refractivity contribution in [2.24, 2.45) is 0 Å². The molecule has 276 valence electrons. The fraction of sp³-hybridized carbons (Fsp3) is 0.0370. The van der Waals surface area contributed by atoms with Gasteiger partial charge in [0.15, 0.2) is 0 Å². The number of rotatable bonds is 8. The van der Waals surface area contributed by atoms with Crippen LogP contribution in [0.3, 0.4) is 0 Å². The lowest BCUT2D eigenvalue weighted by molar-refractivity contribution is 0.269. The van der Waals surface area contributed by atoms with Crippen LogP contribution in [0.5, 0.6) is 5.75 Å². The van der Waals surface area contributed by atoms with Gasteiger partial charge in [-0.2, -0.15) is 0 Å². The Morgan fingerprint density at radius 1 is 0.448 bits per heavy atom. The van der Waals surface area contributed by atoms with Crippen molar-refractivity contribution < 1.29 is 9.15 Å².